The molecule has 0 unspecified atom stereocenters. The molecule has 0 aliphatic carbocycles. The number of thiazole rings is 1. The third-order valence-electron chi connectivity index (χ3n) is 5.26. The zero-order chi connectivity index (χ0) is 21.9. The van der Waals surface area contributed by atoms with Crippen LogP contribution in [0.25, 0.3) is 23.2 Å². The van der Waals surface area contributed by atoms with Crippen molar-refractivity contribution in [3.63, 3.8) is 0 Å². The van der Waals surface area contributed by atoms with E-state index in [1.54, 1.807) is 24.5 Å². The molecule has 5 rings (SSSR count). The molecule has 0 bridgehead atoms. The topological polar surface area (TPSA) is 102 Å². The first-order chi connectivity index (χ1) is 15.7. The first kappa shape index (κ1) is 20.3. The van der Waals surface area contributed by atoms with E-state index in [4.69, 9.17) is 4.42 Å². The van der Waals surface area contributed by atoms with Crippen molar-refractivity contribution in [3.8, 4) is 11.4 Å². The van der Waals surface area contributed by atoms with Crippen molar-refractivity contribution in [1.82, 2.24) is 30.1 Å². The number of carbonyl (C=O) groups excluding carboxylic acids is 1. The van der Waals surface area contributed by atoms with E-state index in [1.807, 2.05) is 30.3 Å². The average Bonchev–Trinajstić information content (AvgIpc) is 3.57. The average molecular weight is 448 g/mol. The molecule has 0 atom stereocenters. The molecule has 3 aromatic heterocycles. The summed E-state index contributed by atoms with van der Waals surface area (Å²) in [7, 11) is 0. The molecule has 1 aliphatic heterocycles. The van der Waals surface area contributed by atoms with Gasteiger partial charge in [-0.3, -0.25) is 15.0 Å². The van der Waals surface area contributed by atoms with Gasteiger partial charge in [-0.2, -0.15) is 4.68 Å². The van der Waals surface area contributed by atoms with E-state index in [0.29, 0.717) is 16.7 Å². The Kier molecular flexibility index (Phi) is 5.61. The van der Waals surface area contributed by atoms with Crippen molar-refractivity contribution in [3.05, 3.63) is 65.1 Å². The molecule has 0 fully saturated rings. The predicted octanol–water partition coefficient (Wildman–Crippen LogP) is 3.40. The summed E-state index contributed by atoms with van der Waals surface area (Å²) in [4.78, 5) is 21.6. The molecule has 0 saturated heterocycles. The van der Waals surface area contributed by atoms with Crippen molar-refractivity contribution in [2.45, 2.75) is 19.9 Å². The molecule has 10 heteroatoms. The molecule has 4 aromatic rings. The molecule has 1 N–H and O–H groups in total. The Morgan fingerprint density at radius 2 is 2.12 bits per heavy atom. The Morgan fingerprint density at radius 3 is 2.91 bits per heavy atom. The molecule has 0 radical (unpaired) electrons. The lowest BCUT2D eigenvalue weighted by Crippen LogP contribution is -2.29. The monoisotopic (exact) mass is 447 g/mol. The Morgan fingerprint density at radius 1 is 1.25 bits per heavy atom. The number of likely N-dealkylation sites (N-methyl/N-ethyl adjacent to an activating group) is 1. The predicted molar refractivity (Wildman–Crippen MR) is 122 cm³/mol. The highest BCUT2D eigenvalue weighted by Gasteiger charge is 2.24. The fourth-order valence-electron chi connectivity index (χ4n) is 3.58. The molecule has 4 heterocycles. The van der Waals surface area contributed by atoms with Gasteiger partial charge in [-0.15, -0.1) is 16.4 Å². The number of aromatic nitrogens is 5. The summed E-state index contributed by atoms with van der Waals surface area (Å²) in [6.45, 7) is 4.99. The van der Waals surface area contributed by atoms with E-state index in [-0.39, 0.29) is 11.6 Å². The van der Waals surface area contributed by atoms with E-state index >= 15 is 0 Å². The summed E-state index contributed by atoms with van der Waals surface area (Å²) in [6.07, 6.45) is 4.05. The fraction of sp³-hybridized carbons (Fsp3) is 0.227. The molecule has 162 valence electrons. The standard InChI is InChI=1S/C22H21N7O2S/c1-2-28-11-10-17-19(14-28)32-22(23-17)24-21(30)18(13-16-9-6-12-31-16)29-20(25-26-27-29)15-7-4-3-5-8-15/h3-9,12-13H,2,10-11,14H2,1H3,(H,23,24,30)/b18-13-. The lowest BCUT2D eigenvalue weighted by Gasteiger charge is -2.23. The summed E-state index contributed by atoms with van der Waals surface area (Å²) >= 11 is 1.51. The van der Waals surface area contributed by atoms with Crippen LogP contribution in [0.4, 0.5) is 5.13 Å². The highest BCUT2D eigenvalue weighted by atomic mass is 32.1. The van der Waals surface area contributed by atoms with Gasteiger partial charge in [0.2, 0.25) is 0 Å². The number of anilines is 1. The summed E-state index contributed by atoms with van der Waals surface area (Å²) in [5, 5.41) is 15.5. The highest BCUT2D eigenvalue weighted by molar-refractivity contribution is 7.15. The maximum absolute atomic E-state index is 13.4. The van der Waals surface area contributed by atoms with Crippen molar-refractivity contribution in [2.24, 2.45) is 0 Å². The van der Waals surface area contributed by atoms with Crippen molar-refractivity contribution in [2.75, 3.05) is 18.4 Å². The third kappa shape index (κ3) is 4.10. The van der Waals surface area contributed by atoms with Gasteiger partial charge in [0.15, 0.2) is 11.0 Å². The summed E-state index contributed by atoms with van der Waals surface area (Å²) in [5.41, 5.74) is 2.08. The SMILES string of the molecule is CCN1CCc2nc(NC(=O)/C(=C/c3ccco3)n3nnnc3-c3ccccc3)sc2C1. The van der Waals surface area contributed by atoms with E-state index < -0.39 is 0 Å². The van der Waals surface area contributed by atoms with Crippen LogP contribution in [-0.4, -0.2) is 49.1 Å². The van der Waals surface area contributed by atoms with E-state index in [9.17, 15) is 4.79 Å². The number of nitrogens with zero attached hydrogens (tertiary/aromatic N) is 6. The van der Waals surface area contributed by atoms with Gasteiger partial charge < -0.3 is 4.42 Å². The molecule has 0 saturated carbocycles. The normalized spacial score (nSPS) is 14.3. The van der Waals surface area contributed by atoms with Crippen molar-refractivity contribution >= 4 is 34.1 Å². The molecule has 9 nitrogen and oxygen atoms in total. The second-order valence-electron chi connectivity index (χ2n) is 7.29. The Labute approximate surface area is 188 Å². The third-order valence-corrected chi connectivity index (χ3v) is 6.26. The minimum Gasteiger partial charge on any atom is -0.465 e. The van der Waals surface area contributed by atoms with Crippen LogP contribution < -0.4 is 5.32 Å². The molecule has 1 aliphatic rings. The van der Waals surface area contributed by atoms with Gasteiger partial charge >= 0.3 is 0 Å². The van der Waals surface area contributed by atoms with Gasteiger partial charge in [0.05, 0.1) is 12.0 Å². The number of tetrazole rings is 1. The van der Waals surface area contributed by atoms with Crippen LogP contribution in [0.5, 0.6) is 0 Å². The lowest BCUT2D eigenvalue weighted by molar-refractivity contribution is -0.111. The van der Waals surface area contributed by atoms with Crippen molar-refractivity contribution in [1.29, 1.82) is 0 Å². The minimum absolute atomic E-state index is 0.229. The highest BCUT2D eigenvalue weighted by Crippen LogP contribution is 2.29. The second-order valence-corrected chi connectivity index (χ2v) is 8.37. The first-order valence-corrected chi connectivity index (χ1v) is 11.1. The number of amides is 1. The van der Waals surface area contributed by atoms with Gasteiger partial charge in [0.1, 0.15) is 11.5 Å². The minimum atomic E-state index is -0.371. The van der Waals surface area contributed by atoms with Crippen LogP contribution in [0, 0.1) is 0 Å². The number of furan rings is 1. The molecule has 1 amide bonds. The number of benzene rings is 1. The molecular formula is C22H21N7O2S. The number of carbonyl (C=O) groups is 1. The van der Waals surface area contributed by atoms with Crippen molar-refractivity contribution < 1.29 is 9.21 Å². The van der Waals surface area contributed by atoms with E-state index in [2.05, 4.69) is 37.6 Å². The maximum Gasteiger partial charge on any atom is 0.276 e. The maximum atomic E-state index is 13.4. The summed E-state index contributed by atoms with van der Waals surface area (Å²) < 4.78 is 6.86. The van der Waals surface area contributed by atoms with Crippen LogP contribution in [-0.2, 0) is 17.8 Å². The lowest BCUT2D eigenvalue weighted by atomic mass is 10.2. The molecule has 0 spiro atoms. The Hall–Kier alpha value is -3.63. The zero-order valence-electron chi connectivity index (χ0n) is 17.4. The number of fused-ring (bicyclic) bond motifs is 1. The second kappa shape index (κ2) is 8.85. The largest absolute Gasteiger partial charge is 0.465 e. The number of nitrogens with one attached hydrogen (secondary N) is 1. The number of hydrogen-bond donors (Lipinski definition) is 1. The molecule has 1 aromatic carbocycles. The van der Waals surface area contributed by atoms with Gasteiger partial charge in [-0.25, -0.2) is 4.98 Å². The van der Waals surface area contributed by atoms with Crippen LogP contribution >= 0.6 is 11.3 Å². The Balaban J connectivity index is 1.48. The van der Waals surface area contributed by atoms with Crippen LogP contribution in [0.1, 0.15) is 23.3 Å². The van der Waals surface area contributed by atoms with Gasteiger partial charge in [0, 0.05) is 36.0 Å². The van der Waals surface area contributed by atoms with Gasteiger partial charge in [0.25, 0.3) is 5.91 Å². The Bertz CT molecular complexity index is 1240. The van der Waals surface area contributed by atoms with Gasteiger partial charge in [-0.1, -0.05) is 37.3 Å². The van der Waals surface area contributed by atoms with E-state index in [0.717, 1.165) is 37.3 Å². The quantitative estimate of drug-likeness (QED) is 0.452. The van der Waals surface area contributed by atoms with Gasteiger partial charge in [-0.05, 0) is 29.1 Å². The molecule has 32 heavy (non-hydrogen) atoms. The zero-order valence-corrected chi connectivity index (χ0v) is 18.2. The molecular weight excluding hydrogens is 426 g/mol. The van der Waals surface area contributed by atoms with Crippen LogP contribution in [0.2, 0.25) is 0 Å². The smallest absolute Gasteiger partial charge is 0.276 e. The fourth-order valence-corrected chi connectivity index (χ4v) is 4.63. The van der Waals surface area contributed by atoms with E-state index in [1.165, 1.54) is 20.9 Å². The first-order valence-electron chi connectivity index (χ1n) is 10.3. The summed E-state index contributed by atoms with van der Waals surface area (Å²) in [6, 6.07) is 13.0. The number of hydrogen-bond acceptors (Lipinski definition) is 8. The van der Waals surface area contributed by atoms with Crippen LogP contribution in [0.15, 0.2) is 53.1 Å². The number of rotatable bonds is 6. The van der Waals surface area contributed by atoms with Crippen LogP contribution in [0.3, 0.4) is 0 Å². The summed E-state index contributed by atoms with van der Waals surface area (Å²) in [5.74, 6) is 0.599.